The molecule has 0 saturated carbocycles. The van der Waals surface area contributed by atoms with Crippen molar-refractivity contribution >= 4 is 50.2 Å². The van der Waals surface area contributed by atoms with Crippen LogP contribution in [-0.4, -0.2) is 26.4 Å². The van der Waals surface area contributed by atoms with Crippen molar-refractivity contribution in [2.24, 2.45) is 5.10 Å². The van der Waals surface area contributed by atoms with Crippen LogP contribution < -0.4 is 5.43 Å². The maximum atomic E-state index is 4.43. The average molecular weight is 381 g/mol. The second kappa shape index (κ2) is 6.01. The van der Waals surface area contributed by atoms with Crippen molar-refractivity contribution in [3.8, 4) is 0 Å². The van der Waals surface area contributed by atoms with Gasteiger partial charge in [-0.3, -0.25) is 0 Å². The number of nitrogens with zero attached hydrogens (tertiary/aromatic N) is 4. The molecule has 7 heteroatoms. The maximum absolute atomic E-state index is 4.43. The van der Waals surface area contributed by atoms with Crippen LogP contribution in [0.15, 0.2) is 52.0 Å². The Morgan fingerprint density at radius 1 is 1.12 bits per heavy atom. The summed E-state index contributed by atoms with van der Waals surface area (Å²) < 4.78 is 1.03. The topological polar surface area (TPSA) is 78.9 Å². The van der Waals surface area contributed by atoms with E-state index in [-0.39, 0.29) is 0 Å². The van der Waals surface area contributed by atoms with Crippen LogP contribution in [0.5, 0.6) is 0 Å². The number of hydrogen-bond acceptors (Lipinski definition) is 5. The number of benzene rings is 2. The third-order valence-electron chi connectivity index (χ3n) is 3.62. The van der Waals surface area contributed by atoms with E-state index in [9.17, 15) is 0 Å². The predicted molar refractivity (Wildman–Crippen MR) is 99.3 cm³/mol. The molecule has 0 saturated heterocycles. The summed E-state index contributed by atoms with van der Waals surface area (Å²) in [5.74, 6) is 0.346. The molecule has 0 radical (unpaired) electrons. The van der Waals surface area contributed by atoms with Crippen molar-refractivity contribution in [2.75, 3.05) is 5.43 Å². The van der Waals surface area contributed by atoms with Crippen molar-refractivity contribution in [3.63, 3.8) is 0 Å². The molecule has 0 spiro atoms. The summed E-state index contributed by atoms with van der Waals surface area (Å²) in [6.45, 7) is 2.05. The second-order valence-electron chi connectivity index (χ2n) is 5.43. The lowest BCUT2D eigenvalue weighted by Crippen LogP contribution is -1.98. The zero-order valence-corrected chi connectivity index (χ0v) is 14.4. The van der Waals surface area contributed by atoms with Crippen LogP contribution in [-0.2, 0) is 0 Å². The maximum Gasteiger partial charge on any atom is 0.265 e. The van der Waals surface area contributed by atoms with E-state index in [1.54, 1.807) is 6.21 Å². The number of anilines is 1. The Morgan fingerprint density at radius 2 is 1.96 bits per heavy atom. The number of rotatable bonds is 3. The first-order valence-electron chi connectivity index (χ1n) is 7.36. The number of hydrazone groups is 1. The van der Waals surface area contributed by atoms with Gasteiger partial charge in [0.1, 0.15) is 5.52 Å². The SMILES string of the molecule is Cc1ccc2[nH]c3nc(N/N=C\c4ccc(Br)cc4)nnc3c2c1. The van der Waals surface area contributed by atoms with E-state index in [4.69, 9.17) is 0 Å². The highest BCUT2D eigenvalue weighted by Gasteiger charge is 2.08. The monoisotopic (exact) mass is 380 g/mol. The summed E-state index contributed by atoms with van der Waals surface area (Å²) in [6, 6.07) is 14.0. The zero-order valence-electron chi connectivity index (χ0n) is 12.8. The lowest BCUT2D eigenvalue weighted by molar-refractivity contribution is 1.01. The molecule has 6 nitrogen and oxygen atoms in total. The van der Waals surface area contributed by atoms with Gasteiger partial charge in [0.05, 0.1) is 6.21 Å². The number of halogens is 1. The molecule has 118 valence electrons. The van der Waals surface area contributed by atoms with Gasteiger partial charge in [-0.25, -0.2) is 5.43 Å². The van der Waals surface area contributed by atoms with E-state index in [0.29, 0.717) is 11.6 Å². The largest absolute Gasteiger partial charge is 0.338 e. The molecule has 0 amide bonds. The van der Waals surface area contributed by atoms with Gasteiger partial charge in [-0.15, -0.1) is 10.2 Å². The highest BCUT2D eigenvalue weighted by atomic mass is 79.9. The first-order chi connectivity index (χ1) is 11.7. The highest BCUT2D eigenvalue weighted by molar-refractivity contribution is 9.10. The second-order valence-corrected chi connectivity index (χ2v) is 6.34. The molecule has 4 aromatic rings. The van der Waals surface area contributed by atoms with Crippen molar-refractivity contribution in [1.82, 2.24) is 20.2 Å². The minimum Gasteiger partial charge on any atom is -0.338 e. The van der Waals surface area contributed by atoms with Crippen LogP contribution in [0, 0.1) is 6.92 Å². The number of nitrogens with one attached hydrogen (secondary N) is 2. The Morgan fingerprint density at radius 3 is 2.79 bits per heavy atom. The summed E-state index contributed by atoms with van der Waals surface area (Å²) in [7, 11) is 0. The Balaban J connectivity index is 1.60. The first-order valence-corrected chi connectivity index (χ1v) is 8.16. The molecule has 2 heterocycles. The van der Waals surface area contributed by atoms with Crippen LogP contribution in [0.3, 0.4) is 0 Å². The molecule has 2 aromatic heterocycles. The van der Waals surface area contributed by atoms with Gasteiger partial charge >= 0.3 is 0 Å². The van der Waals surface area contributed by atoms with Crippen molar-refractivity contribution < 1.29 is 0 Å². The molecule has 0 aliphatic rings. The zero-order chi connectivity index (χ0) is 16.5. The number of hydrogen-bond donors (Lipinski definition) is 2. The molecule has 0 unspecified atom stereocenters. The van der Waals surface area contributed by atoms with Gasteiger partial charge < -0.3 is 4.98 Å². The number of aromatic nitrogens is 4. The molecule has 0 aliphatic carbocycles. The Bertz CT molecular complexity index is 1050. The Hall–Kier alpha value is -2.80. The van der Waals surface area contributed by atoms with Crippen molar-refractivity contribution in [1.29, 1.82) is 0 Å². The van der Waals surface area contributed by atoms with Crippen molar-refractivity contribution in [3.05, 3.63) is 58.1 Å². The molecular formula is C17H13BrN6. The van der Waals surface area contributed by atoms with Crippen LogP contribution in [0.4, 0.5) is 5.95 Å². The molecule has 24 heavy (non-hydrogen) atoms. The minimum absolute atomic E-state index is 0.346. The lowest BCUT2D eigenvalue weighted by Gasteiger charge is -1.97. The Kier molecular flexibility index (Phi) is 3.70. The van der Waals surface area contributed by atoms with Crippen LogP contribution in [0.2, 0.25) is 0 Å². The van der Waals surface area contributed by atoms with Gasteiger partial charge in [0.25, 0.3) is 5.95 Å². The fraction of sp³-hybridized carbons (Fsp3) is 0.0588. The first kappa shape index (κ1) is 14.8. The van der Waals surface area contributed by atoms with Gasteiger partial charge in [-0.05, 0) is 36.8 Å². The number of H-pyrrole nitrogens is 1. The average Bonchev–Trinajstić information content (AvgIpc) is 2.94. The van der Waals surface area contributed by atoms with Gasteiger partial charge in [-0.2, -0.15) is 10.1 Å². The van der Waals surface area contributed by atoms with E-state index in [0.717, 1.165) is 26.5 Å². The van der Waals surface area contributed by atoms with E-state index in [2.05, 4.69) is 52.7 Å². The van der Waals surface area contributed by atoms with E-state index in [1.165, 1.54) is 5.56 Å². The molecule has 0 aliphatic heterocycles. The standard InChI is InChI=1S/C17H13BrN6/c1-10-2-7-14-13(8-10)15-16(20-14)21-17(24-22-15)23-19-9-11-3-5-12(18)6-4-11/h2-9H,1H3,(H2,20,21,23,24)/b19-9-. The predicted octanol–water partition coefficient (Wildman–Crippen LogP) is 4.02. The summed E-state index contributed by atoms with van der Waals surface area (Å²) in [5.41, 5.74) is 7.40. The summed E-state index contributed by atoms with van der Waals surface area (Å²) in [6.07, 6.45) is 1.70. The number of fused-ring (bicyclic) bond motifs is 3. The normalized spacial score (nSPS) is 11.6. The molecule has 0 fully saturated rings. The molecule has 0 bridgehead atoms. The van der Waals surface area contributed by atoms with E-state index < -0.39 is 0 Å². The van der Waals surface area contributed by atoms with E-state index >= 15 is 0 Å². The lowest BCUT2D eigenvalue weighted by atomic mass is 10.2. The van der Waals surface area contributed by atoms with Crippen LogP contribution >= 0.6 is 15.9 Å². The van der Waals surface area contributed by atoms with E-state index in [1.807, 2.05) is 43.3 Å². The fourth-order valence-corrected chi connectivity index (χ4v) is 2.71. The molecular weight excluding hydrogens is 368 g/mol. The van der Waals surface area contributed by atoms with Crippen molar-refractivity contribution in [2.45, 2.75) is 6.92 Å². The molecule has 0 atom stereocenters. The highest BCUT2D eigenvalue weighted by Crippen LogP contribution is 2.23. The minimum atomic E-state index is 0.346. The molecule has 4 rings (SSSR count). The van der Waals surface area contributed by atoms with Gasteiger partial charge in [0, 0.05) is 15.4 Å². The summed E-state index contributed by atoms with van der Waals surface area (Å²) in [4.78, 5) is 7.68. The summed E-state index contributed by atoms with van der Waals surface area (Å²) in [5, 5.41) is 13.5. The summed E-state index contributed by atoms with van der Waals surface area (Å²) >= 11 is 3.40. The fourth-order valence-electron chi connectivity index (χ4n) is 2.45. The third-order valence-corrected chi connectivity index (χ3v) is 4.15. The number of aryl methyl sites for hydroxylation is 1. The smallest absolute Gasteiger partial charge is 0.265 e. The quantitative estimate of drug-likeness (QED) is 0.415. The van der Waals surface area contributed by atoms with Gasteiger partial charge in [0.2, 0.25) is 0 Å². The molecule has 2 aromatic carbocycles. The van der Waals surface area contributed by atoms with Crippen LogP contribution in [0.1, 0.15) is 11.1 Å². The molecule has 2 N–H and O–H groups in total. The van der Waals surface area contributed by atoms with Crippen LogP contribution in [0.25, 0.3) is 22.1 Å². The number of aromatic amines is 1. The third kappa shape index (κ3) is 2.85. The van der Waals surface area contributed by atoms with Gasteiger partial charge in [0.15, 0.2) is 5.65 Å². The van der Waals surface area contributed by atoms with Gasteiger partial charge in [-0.1, -0.05) is 39.7 Å². The Labute approximate surface area is 146 Å².